The van der Waals surface area contributed by atoms with E-state index in [1.54, 1.807) is 31.2 Å². The number of aromatic amines is 1. The lowest BCUT2D eigenvalue weighted by Gasteiger charge is -2.15. The average Bonchev–Trinajstić information content (AvgIpc) is 3.07. The van der Waals surface area contributed by atoms with E-state index in [4.69, 9.17) is 4.74 Å². The van der Waals surface area contributed by atoms with Gasteiger partial charge in [-0.05, 0) is 18.6 Å². The van der Waals surface area contributed by atoms with Gasteiger partial charge in [-0.15, -0.1) is 0 Å². The lowest BCUT2D eigenvalue weighted by Crippen LogP contribution is -2.32. The van der Waals surface area contributed by atoms with Gasteiger partial charge in [0.25, 0.3) is 11.5 Å². The molecule has 0 radical (unpaired) electrons. The number of para-hydroxylation sites is 1. The van der Waals surface area contributed by atoms with Crippen molar-refractivity contribution < 1.29 is 14.3 Å². The molecule has 3 aromatic rings. The molecule has 1 aromatic carbocycles. The molecule has 138 valence electrons. The monoisotopic (exact) mass is 367 g/mol. The molecule has 0 fully saturated rings. The standard InChI is InChI=1S/C18H17N5O4/c1-2-14(27-18(26)13-11-19-8-9-20-13)17(25)21-15-10-16(24)23(22-15)12-6-4-3-5-7-12/h3-11,14,22H,2H2,1H3,(H,21,25). The second-order valence-electron chi connectivity index (χ2n) is 5.56. The molecular formula is C18H17N5O4. The fraction of sp³-hybridized carbons (Fsp3) is 0.167. The highest BCUT2D eigenvalue weighted by atomic mass is 16.5. The number of H-pyrrole nitrogens is 1. The van der Waals surface area contributed by atoms with Gasteiger partial charge in [0.15, 0.2) is 11.8 Å². The van der Waals surface area contributed by atoms with Crippen LogP contribution in [0.15, 0.2) is 59.8 Å². The van der Waals surface area contributed by atoms with E-state index >= 15 is 0 Å². The van der Waals surface area contributed by atoms with E-state index in [0.717, 1.165) is 0 Å². The fourth-order valence-electron chi connectivity index (χ4n) is 2.36. The number of esters is 1. The van der Waals surface area contributed by atoms with Gasteiger partial charge < -0.3 is 10.1 Å². The summed E-state index contributed by atoms with van der Waals surface area (Å²) in [5.74, 6) is -1.11. The molecule has 9 nitrogen and oxygen atoms in total. The summed E-state index contributed by atoms with van der Waals surface area (Å²) in [6.07, 6.45) is 3.25. The number of ether oxygens (including phenoxy) is 1. The Morgan fingerprint density at radius 3 is 2.70 bits per heavy atom. The van der Waals surface area contributed by atoms with E-state index < -0.39 is 18.0 Å². The summed E-state index contributed by atoms with van der Waals surface area (Å²) in [5, 5.41) is 5.35. The number of hydrogen-bond donors (Lipinski definition) is 2. The van der Waals surface area contributed by atoms with E-state index in [0.29, 0.717) is 5.69 Å². The Balaban J connectivity index is 1.70. The predicted molar refractivity (Wildman–Crippen MR) is 96.5 cm³/mol. The number of aromatic nitrogens is 4. The van der Waals surface area contributed by atoms with Crippen LogP contribution in [0.3, 0.4) is 0 Å². The molecule has 1 amide bonds. The molecule has 1 unspecified atom stereocenters. The maximum Gasteiger partial charge on any atom is 0.359 e. The second-order valence-corrected chi connectivity index (χ2v) is 5.56. The van der Waals surface area contributed by atoms with E-state index in [-0.39, 0.29) is 23.5 Å². The van der Waals surface area contributed by atoms with Crippen molar-refractivity contribution in [3.63, 3.8) is 0 Å². The summed E-state index contributed by atoms with van der Waals surface area (Å²) in [4.78, 5) is 44.2. The number of amides is 1. The summed E-state index contributed by atoms with van der Waals surface area (Å²) in [5.41, 5.74) is 0.303. The Labute approximate surface area is 154 Å². The van der Waals surface area contributed by atoms with Crippen LogP contribution in [0.4, 0.5) is 5.82 Å². The SMILES string of the molecule is CCC(OC(=O)c1cnccn1)C(=O)Nc1cc(=O)n(-c2ccccc2)[nH]1. The molecule has 0 aliphatic carbocycles. The lowest BCUT2D eigenvalue weighted by molar-refractivity contribution is -0.124. The van der Waals surface area contributed by atoms with Crippen molar-refractivity contribution in [2.75, 3.05) is 5.32 Å². The Morgan fingerprint density at radius 1 is 1.26 bits per heavy atom. The van der Waals surface area contributed by atoms with Gasteiger partial charge in [-0.2, -0.15) is 0 Å². The molecule has 2 heterocycles. The van der Waals surface area contributed by atoms with Crippen LogP contribution in [0.2, 0.25) is 0 Å². The van der Waals surface area contributed by atoms with E-state index in [1.807, 2.05) is 6.07 Å². The minimum Gasteiger partial charge on any atom is -0.447 e. The molecule has 27 heavy (non-hydrogen) atoms. The van der Waals surface area contributed by atoms with Crippen molar-refractivity contribution in [2.24, 2.45) is 0 Å². The maximum absolute atomic E-state index is 12.4. The van der Waals surface area contributed by atoms with Gasteiger partial charge in [0.05, 0.1) is 11.9 Å². The number of anilines is 1. The van der Waals surface area contributed by atoms with E-state index in [1.165, 1.54) is 29.3 Å². The molecule has 2 N–H and O–H groups in total. The number of rotatable bonds is 6. The normalized spacial score (nSPS) is 11.6. The first kappa shape index (κ1) is 18.1. The molecule has 3 rings (SSSR count). The Bertz CT molecular complexity index is 982. The summed E-state index contributed by atoms with van der Waals surface area (Å²) in [7, 11) is 0. The highest BCUT2D eigenvalue weighted by molar-refractivity contribution is 5.96. The molecule has 0 aliphatic heterocycles. The highest BCUT2D eigenvalue weighted by Crippen LogP contribution is 2.09. The number of nitrogens with one attached hydrogen (secondary N) is 2. The first-order valence-electron chi connectivity index (χ1n) is 8.24. The molecule has 1 atom stereocenters. The van der Waals surface area contributed by atoms with Gasteiger partial charge in [0.1, 0.15) is 5.82 Å². The van der Waals surface area contributed by atoms with Crippen molar-refractivity contribution in [3.8, 4) is 5.69 Å². The molecule has 0 bridgehead atoms. The van der Waals surface area contributed by atoms with Crippen molar-refractivity contribution in [1.82, 2.24) is 19.7 Å². The van der Waals surface area contributed by atoms with Gasteiger partial charge in [0.2, 0.25) is 0 Å². The van der Waals surface area contributed by atoms with Crippen LogP contribution in [-0.2, 0) is 9.53 Å². The first-order chi connectivity index (χ1) is 13.1. The number of nitrogens with zero attached hydrogens (tertiary/aromatic N) is 3. The second kappa shape index (κ2) is 8.09. The quantitative estimate of drug-likeness (QED) is 0.638. The highest BCUT2D eigenvalue weighted by Gasteiger charge is 2.23. The largest absolute Gasteiger partial charge is 0.447 e. The summed E-state index contributed by atoms with van der Waals surface area (Å²) in [6.45, 7) is 1.70. The zero-order chi connectivity index (χ0) is 19.2. The van der Waals surface area contributed by atoms with Gasteiger partial charge in [-0.1, -0.05) is 25.1 Å². The summed E-state index contributed by atoms with van der Waals surface area (Å²) >= 11 is 0. The Kier molecular flexibility index (Phi) is 5.41. The molecule has 9 heteroatoms. The maximum atomic E-state index is 12.4. The van der Waals surface area contributed by atoms with E-state index in [9.17, 15) is 14.4 Å². The number of hydrogen-bond acceptors (Lipinski definition) is 6. The molecule has 0 aliphatic rings. The van der Waals surface area contributed by atoms with Crippen LogP contribution in [0.25, 0.3) is 5.69 Å². The Morgan fingerprint density at radius 2 is 2.04 bits per heavy atom. The van der Waals surface area contributed by atoms with Crippen LogP contribution < -0.4 is 10.9 Å². The van der Waals surface area contributed by atoms with Crippen molar-refractivity contribution >= 4 is 17.7 Å². The topological polar surface area (TPSA) is 119 Å². The zero-order valence-corrected chi connectivity index (χ0v) is 14.5. The summed E-state index contributed by atoms with van der Waals surface area (Å²) < 4.78 is 6.48. The van der Waals surface area contributed by atoms with Crippen molar-refractivity contribution in [3.05, 3.63) is 71.0 Å². The van der Waals surface area contributed by atoms with Crippen LogP contribution in [0, 0.1) is 0 Å². The van der Waals surface area contributed by atoms with Crippen molar-refractivity contribution in [2.45, 2.75) is 19.4 Å². The van der Waals surface area contributed by atoms with Gasteiger partial charge >= 0.3 is 5.97 Å². The van der Waals surface area contributed by atoms with Crippen LogP contribution >= 0.6 is 0 Å². The molecule has 0 saturated heterocycles. The Hall–Kier alpha value is -3.75. The summed E-state index contributed by atoms with van der Waals surface area (Å²) in [6, 6.07) is 10.2. The van der Waals surface area contributed by atoms with Crippen LogP contribution in [0.1, 0.15) is 23.8 Å². The van der Waals surface area contributed by atoms with Crippen LogP contribution in [-0.4, -0.2) is 37.7 Å². The molecule has 0 spiro atoms. The average molecular weight is 367 g/mol. The smallest absolute Gasteiger partial charge is 0.359 e. The molecule has 0 saturated carbocycles. The predicted octanol–water partition coefficient (Wildman–Crippen LogP) is 1.53. The van der Waals surface area contributed by atoms with Gasteiger partial charge in [0, 0.05) is 18.5 Å². The van der Waals surface area contributed by atoms with Gasteiger partial charge in [-0.3, -0.25) is 19.7 Å². The fourth-order valence-corrected chi connectivity index (χ4v) is 2.36. The minimum absolute atomic E-state index is 0.00684. The third-order valence-electron chi connectivity index (χ3n) is 3.68. The number of benzene rings is 1. The first-order valence-corrected chi connectivity index (χ1v) is 8.24. The molecular weight excluding hydrogens is 350 g/mol. The zero-order valence-electron chi connectivity index (χ0n) is 14.5. The number of carbonyl (C=O) groups excluding carboxylic acids is 2. The lowest BCUT2D eigenvalue weighted by atomic mass is 10.2. The third kappa shape index (κ3) is 4.27. The minimum atomic E-state index is -1.04. The van der Waals surface area contributed by atoms with E-state index in [2.05, 4.69) is 20.4 Å². The third-order valence-corrected chi connectivity index (χ3v) is 3.68. The van der Waals surface area contributed by atoms with Crippen molar-refractivity contribution in [1.29, 1.82) is 0 Å². The van der Waals surface area contributed by atoms with Crippen LogP contribution in [0.5, 0.6) is 0 Å². The molecule has 2 aromatic heterocycles. The number of carbonyl (C=O) groups is 2. The van der Waals surface area contributed by atoms with Gasteiger partial charge in [-0.25, -0.2) is 14.5 Å².